The molecule has 1 heterocycles. The van der Waals surface area contributed by atoms with Gasteiger partial charge in [-0.3, -0.25) is 0 Å². The van der Waals surface area contributed by atoms with Gasteiger partial charge in [0.15, 0.2) is 0 Å². The molecule has 0 saturated carbocycles. The molecule has 120 valence electrons. The fourth-order valence-electron chi connectivity index (χ4n) is 3.70. The highest BCUT2D eigenvalue weighted by molar-refractivity contribution is 5.73. The Morgan fingerprint density at radius 3 is 2.28 bits per heavy atom. The molecular formula is C22H16N2O. The number of rotatable bonds is 1. The van der Waals surface area contributed by atoms with Crippen molar-refractivity contribution < 1.29 is 4.74 Å². The minimum atomic E-state index is -0.0557. The van der Waals surface area contributed by atoms with Gasteiger partial charge in [0.05, 0.1) is 30.9 Å². The van der Waals surface area contributed by atoms with Crippen molar-refractivity contribution in [3.05, 3.63) is 81.9 Å². The molecule has 1 aliphatic carbocycles. The van der Waals surface area contributed by atoms with Gasteiger partial charge in [0.1, 0.15) is 0 Å². The Labute approximate surface area is 147 Å². The number of ether oxygens (including phenoxy) is 1. The Bertz CT molecular complexity index is 955. The van der Waals surface area contributed by atoms with Crippen LogP contribution in [-0.2, 0) is 4.74 Å². The molecule has 3 heteroatoms. The molecule has 0 bridgehead atoms. The highest BCUT2D eigenvalue weighted by atomic mass is 16.5. The summed E-state index contributed by atoms with van der Waals surface area (Å²) in [5.74, 6) is 0.0899. The van der Waals surface area contributed by atoms with E-state index in [0.717, 1.165) is 22.3 Å². The van der Waals surface area contributed by atoms with Gasteiger partial charge in [0.25, 0.3) is 0 Å². The summed E-state index contributed by atoms with van der Waals surface area (Å²) in [4.78, 5) is 0. The molecule has 1 aliphatic heterocycles. The third kappa shape index (κ3) is 2.76. The number of benzene rings is 2. The molecule has 4 rings (SSSR count). The van der Waals surface area contributed by atoms with Crippen LogP contribution in [0.4, 0.5) is 0 Å². The molecular weight excluding hydrogens is 308 g/mol. The van der Waals surface area contributed by atoms with Crippen LogP contribution in [-0.4, -0.2) is 13.2 Å². The highest BCUT2D eigenvalue weighted by Gasteiger charge is 2.34. The maximum atomic E-state index is 9.85. The van der Waals surface area contributed by atoms with Crippen LogP contribution in [0.1, 0.15) is 28.2 Å². The van der Waals surface area contributed by atoms with Crippen LogP contribution in [0.25, 0.3) is 12.2 Å². The first-order valence-corrected chi connectivity index (χ1v) is 8.29. The van der Waals surface area contributed by atoms with E-state index in [9.17, 15) is 5.26 Å². The van der Waals surface area contributed by atoms with E-state index in [0.29, 0.717) is 18.8 Å². The molecule has 1 fully saturated rings. The largest absolute Gasteiger partial charge is 0.376 e. The zero-order valence-electron chi connectivity index (χ0n) is 13.6. The van der Waals surface area contributed by atoms with Crippen LogP contribution in [0.15, 0.2) is 59.7 Å². The van der Waals surface area contributed by atoms with Gasteiger partial charge in [0.2, 0.25) is 0 Å². The van der Waals surface area contributed by atoms with Crippen LogP contribution in [0.5, 0.6) is 0 Å². The van der Waals surface area contributed by atoms with Crippen molar-refractivity contribution in [2.75, 3.05) is 13.2 Å². The fourth-order valence-corrected chi connectivity index (χ4v) is 3.70. The van der Waals surface area contributed by atoms with Crippen molar-refractivity contribution in [3.63, 3.8) is 0 Å². The minimum absolute atomic E-state index is 0.0557. The normalized spacial score (nSPS) is 25.7. The summed E-state index contributed by atoms with van der Waals surface area (Å²) in [7, 11) is 0. The zero-order chi connectivity index (χ0) is 17.2. The van der Waals surface area contributed by atoms with Crippen molar-refractivity contribution in [1.29, 1.82) is 10.5 Å². The maximum Gasteiger partial charge on any atom is 0.0991 e. The van der Waals surface area contributed by atoms with Gasteiger partial charge >= 0.3 is 0 Å². The third-order valence-electron chi connectivity index (χ3n) is 4.96. The Morgan fingerprint density at radius 2 is 1.60 bits per heavy atom. The summed E-state index contributed by atoms with van der Waals surface area (Å²) in [6, 6.07) is 20.2. The summed E-state index contributed by atoms with van der Waals surface area (Å²) in [5, 5.41) is 18.9. The lowest BCUT2D eigenvalue weighted by Gasteiger charge is -2.26. The topological polar surface area (TPSA) is 56.8 Å². The molecule has 0 N–H and O–H groups in total. The lowest BCUT2D eigenvalue weighted by molar-refractivity contribution is 0.185. The van der Waals surface area contributed by atoms with Crippen molar-refractivity contribution in [2.24, 2.45) is 5.92 Å². The van der Waals surface area contributed by atoms with Crippen molar-refractivity contribution in [3.8, 4) is 12.1 Å². The van der Waals surface area contributed by atoms with Crippen molar-refractivity contribution in [1.82, 2.24) is 0 Å². The number of allylic oxidation sites excluding steroid dienone is 1. The van der Waals surface area contributed by atoms with Crippen LogP contribution in [0.2, 0.25) is 0 Å². The van der Waals surface area contributed by atoms with E-state index >= 15 is 0 Å². The van der Waals surface area contributed by atoms with E-state index in [1.165, 1.54) is 5.57 Å². The molecule has 3 nitrogen and oxygen atoms in total. The molecule has 2 aromatic rings. The van der Waals surface area contributed by atoms with Gasteiger partial charge in [-0.05, 0) is 40.5 Å². The zero-order valence-corrected chi connectivity index (χ0v) is 13.6. The molecule has 0 radical (unpaired) electrons. The van der Waals surface area contributed by atoms with Crippen molar-refractivity contribution in [2.45, 2.75) is 5.92 Å². The van der Waals surface area contributed by atoms with E-state index in [1.807, 2.05) is 48.5 Å². The lowest BCUT2D eigenvalue weighted by Crippen LogP contribution is -2.18. The predicted molar refractivity (Wildman–Crippen MR) is 96.2 cm³/mol. The molecule has 2 aliphatic rings. The Kier molecular flexibility index (Phi) is 3.94. The summed E-state index contributed by atoms with van der Waals surface area (Å²) in [5.41, 5.74) is 5.81. The first-order valence-electron chi connectivity index (χ1n) is 8.29. The van der Waals surface area contributed by atoms with E-state index in [-0.39, 0.29) is 11.8 Å². The first kappa shape index (κ1) is 15.4. The molecule has 0 spiro atoms. The van der Waals surface area contributed by atoms with Gasteiger partial charge < -0.3 is 4.74 Å². The Balaban J connectivity index is 1.90. The quantitative estimate of drug-likeness (QED) is 0.786. The molecule has 1 saturated heterocycles. The average molecular weight is 324 g/mol. The van der Waals surface area contributed by atoms with Gasteiger partial charge in [-0.2, -0.15) is 10.5 Å². The second kappa shape index (κ2) is 6.40. The van der Waals surface area contributed by atoms with Gasteiger partial charge in [-0.25, -0.2) is 0 Å². The Hall–Kier alpha value is -3.14. The van der Waals surface area contributed by atoms with E-state index < -0.39 is 0 Å². The van der Waals surface area contributed by atoms with Crippen LogP contribution in [0.3, 0.4) is 0 Å². The van der Waals surface area contributed by atoms with Crippen LogP contribution in [0, 0.1) is 28.6 Å². The first-order chi connectivity index (χ1) is 12.3. The summed E-state index contributed by atoms with van der Waals surface area (Å²) in [6.45, 7) is 1.21. The highest BCUT2D eigenvalue weighted by Crippen LogP contribution is 2.42. The van der Waals surface area contributed by atoms with Gasteiger partial charge in [0, 0.05) is 17.4 Å². The number of hydrogen-bond donors (Lipinski definition) is 0. The number of hydrogen-bond acceptors (Lipinski definition) is 3. The average Bonchev–Trinajstić information content (AvgIpc) is 3.08. The number of nitriles is 2. The standard InChI is InChI=1S/C22H16N2O/c23-11-15-5-7-16(8-6-15)22-19(12-24)9-17-3-1-2-4-18(17)10-20-13-25-14-21(20)22/h1-10,21-22H,13-14H2/b19-9-,20-10-/t21-,22-/m1/s1. The van der Waals surface area contributed by atoms with Crippen LogP contribution >= 0.6 is 0 Å². The molecule has 0 aromatic heterocycles. The fraction of sp³-hybridized carbons (Fsp3) is 0.182. The minimum Gasteiger partial charge on any atom is -0.376 e. The molecule has 0 amide bonds. The Morgan fingerprint density at radius 1 is 0.880 bits per heavy atom. The van der Waals surface area contributed by atoms with E-state index in [1.54, 1.807) is 0 Å². The molecule has 2 atom stereocenters. The molecule has 0 unspecified atom stereocenters. The third-order valence-corrected chi connectivity index (χ3v) is 4.96. The van der Waals surface area contributed by atoms with Crippen molar-refractivity contribution >= 4 is 12.2 Å². The van der Waals surface area contributed by atoms with E-state index in [2.05, 4.69) is 24.3 Å². The molecule has 25 heavy (non-hydrogen) atoms. The lowest BCUT2D eigenvalue weighted by atomic mass is 9.76. The van der Waals surface area contributed by atoms with Crippen LogP contribution < -0.4 is 0 Å². The molecule has 2 aromatic carbocycles. The second-order valence-corrected chi connectivity index (χ2v) is 6.39. The SMILES string of the molecule is N#C/C1=C/c2ccccc2/C=C2/COC[C@H]2[C@@H]1c1ccc(C#N)cc1. The smallest absolute Gasteiger partial charge is 0.0991 e. The summed E-state index contributed by atoms with van der Waals surface area (Å²) >= 11 is 0. The summed E-state index contributed by atoms with van der Waals surface area (Å²) in [6.07, 6.45) is 4.19. The second-order valence-electron chi connectivity index (χ2n) is 6.39. The van der Waals surface area contributed by atoms with E-state index in [4.69, 9.17) is 10.00 Å². The summed E-state index contributed by atoms with van der Waals surface area (Å²) < 4.78 is 5.75. The maximum absolute atomic E-state index is 9.85. The number of nitrogens with zero attached hydrogens (tertiary/aromatic N) is 2. The predicted octanol–water partition coefficient (Wildman–Crippen LogP) is 4.29. The van der Waals surface area contributed by atoms with Gasteiger partial charge in [-0.15, -0.1) is 0 Å². The monoisotopic (exact) mass is 324 g/mol. The number of fused-ring (bicyclic) bond motifs is 2. The van der Waals surface area contributed by atoms with Gasteiger partial charge in [-0.1, -0.05) is 42.5 Å².